The van der Waals surface area contributed by atoms with Crippen LogP contribution in [0.1, 0.15) is 124 Å². The number of morpholine rings is 1. The molecule has 15 atom stereocenters. The number of anilines is 1. The van der Waals surface area contributed by atoms with Gasteiger partial charge in [0.1, 0.15) is 54.3 Å². The number of halogens is 1. The number of allylic oxidation sites excluding steroid dienone is 4. The van der Waals surface area contributed by atoms with Gasteiger partial charge in [0.25, 0.3) is 16.0 Å². The molecule has 5 aliphatic heterocycles. The van der Waals surface area contributed by atoms with Crippen molar-refractivity contribution in [2.24, 2.45) is 28.6 Å². The number of nitrogens with one attached hydrogen (secondary N) is 2. The number of likely N-dealkylation sites (N-methyl/N-ethyl adjacent to an activating group) is 1. The van der Waals surface area contributed by atoms with Crippen molar-refractivity contribution in [3.05, 3.63) is 115 Å². The van der Waals surface area contributed by atoms with Crippen LogP contribution >= 0.6 is 22.7 Å². The quantitative estimate of drug-likeness (QED) is 0.0369. The second-order valence-electron chi connectivity index (χ2n) is 27.7. The van der Waals surface area contributed by atoms with E-state index in [1.807, 2.05) is 56.7 Å². The Balaban J connectivity index is 0.000000157. The van der Waals surface area contributed by atoms with Gasteiger partial charge in [-0.2, -0.15) is 8.42 Å². The Bertz CT molecular complexity index is 3490. The number of Topliss-reactive ketones (excluding diaryl/α,β-unsaturated/α-hetero) is 1. The lowest BCUT2D eigenvalue weighted by molar-refractivity contribution is -0.938. The number of aryl methyl sites for hydroxylation is 2. The average molecular weight is 1400 g/mol. The zero-order valence-electron chi connectivity index (χ0n) is 53.6. The summed E-state index contributed by atoms with van der Waals surface area (Å²) in [4.78, 5) is 51.1. The van der Waals surface area contributed by atoms with Crippen molar-refractivity contribution in [3.8, 4) is 17.2 Å². The highest BCUT2D eigenvalue weighted by atomic mass is 79.9. The highest BCUT2D eigenvalue weighted by Gasteiger charge is 2.76. The highest BCUT2D eigenvalue weighted by molar-refractivity contribution is 7.85. The summed E-state index contributed by atoms with van der Waals surface area (Å²) in [7, 11) is 0.826. The number of hydrogen-bond donors (Lipinski definition) is 9. The Morgan fingerprint density at radius 3 is 2.14 bits per heavy atom. The van der Waals surface area contributed by atoms with E-state index in [0.717, 1.165) is 58.9 Å². The first-order valence-corrected chi connectivity index (χ1v) is 34.8. The monoisotopic (exact) mass is 1400 g/mol. The van der Waals surface area contributed by atoms with Gasteiger partial charge in [0, 0.05) is 53.3 Å². The summed E-state index contributed by atoms with van der Waals surface area (Å²) in [5.74, 6) is -0.265. The average Bonchev–Trinajstić information content (AvgIpc) is 1.49. The predicted octanol–water partition coefficient (Wildman–Crippen LogP) is 4.26. The van der Waals surface area contributed by atoms with Crippen LogP contribution in [-0.2, 0) is 60.3 Å². The summed E-state index contributed by atoms with van der Waals surface area (Å²) in [6.45, 7) is 13.8. The fourth-order valence-electron chi connectivity index (χ4n) is 16.7. The molecule has 92 heavy (non-hydrogen) atoms. The summed E-state index contributed by atoms with van der Waals surface area (Å²) in [6, 6.07) is 14.4. The minimum absolute atomic E-state index is 0. The molecule has 7 heterocycles. The molecule has 9 aliphatic rings. The van der Waals surface area contributed by atoms with Crippen LogP contribution in [0.3, 0.4) is 0 Å². The third kappa shape index (κ3) is 13.6. The number of phenols is 2. The molecule has 4 aromatic rings. The van der Waals surface area contributed by atoms with Crippen LogP contribution in [0.15, 0.2) is 83.1 Å². The number of β-amino-alcohol motifs (C(OH)–C–C–N with tert-alkyl or cyclic N) is 1. The lowest BCUT2D eigenvalue weighted by atomic mass is 9.46. The maximum Gasteiger partial charge on any atom is 0.349 e. The lowest BCUT2D eigenvalue weighted by Crippen LogP contribution is -3.00. The fourth-order valence-corrected chi connectivity index (χ4v) is 18.4. The molecule has 504 valence electrons. The predicted molar refractivity (Wildman–Crippen MR) is 340 cm³/mol. The molecule has 1 amide bonds. The van der Waals surface area contributed by atoms with Gasteiger partial charge in [-0.25, -0.2) is 4.79 Å². The maximum atomic E-state index is 13.2. The number of fused-ring (bicyclic) bond motifs is 13. The van der Waals surface area contributed by atoms with E-state index in [9.17, 15) is 58.2 Å². The lowest BCUT2D eigenvalue weighted by Gasteiger charge is -2.59. The van der Waals surface area contributed by atoms with Crippen molar-refractivity contribution in [1.29, 1.82) is 0 Å². The van der Waals surface area contributed by atoms with Gasteiger partial charge in [-0.3, -0.25) is 18.9 Å². The molecule has 25 heteroatoms. The number of amides is 1. The molecule has 21 nitrogen and oxygen atoms in total. The van der Waals surface area contributed by atoms with Crippen LogP contribution in [0.5, 0.6) is 17.2 Å². The van der Waals surface area contributed by atoms with Crippen LogP contribution < -0.4 is 32.4 Å². The number of aliphatic hydroxyl groups is 4. The summed E-state index contributed by atoms with van der Waals surface area (Å²) in [5, 5.41) is 73.0. The van der Waals surface area contributed by atoms with Crippen molar-refractivity contribution < 1.29 is 108 Å². The molecular formula is C67H88BrN3O18S3. The topological polar surface area (TPSA) is 318 Å². The molecule has 13 rings (SSSR count). The van der Waals surface area contributed by atoms with Crippen molar-refractivity contribution in [1.82, 2.24) is 5.32 Å². The Hall–Kier alpha value is -4.97. The van der Waals surface area contributed by atoms with E-state index >= 15 is 0 Å². The van der Waals surface area contributed by atoms with Crippen LogP contribution in [0, 0.1) is 42.4 Å². The number of phenolic OH excluding ortho intramolecular Hbond substituents is 2. The zero-order valence-corrected chi connectivity index (χ0v) is 57.6. The van der Waals surface area contributed by atoms with E-state index in [2.05, 4.69) is 45.5 Å². The molecule has 2 aromatic carbocycles. The fraction of sp³-hybridized carbons (Fsp3) is 0.582. The smallest absolute Gasteiger partial charge is 0.349 e. The summed E-state index contributed by atoms with van der Waals surface area (Å²) in [6.07, 6.45) is 10.9. The van der Waals surface area contributed by atoms with Crippen molar-refractivity contribution in [2.45, 2.75) is 178 Å². The summed E-state index contributed by atoms with van der Waals surface area (Å²) in [5.41, 5.74) is 0.852. The van der Waals surface area contributed by atoms with Gasteiger partial charge < -0.3 is 86.4 Å². The molecule has 3 unspecified atom stereocenters. The van der Waals surface area contributed by atoms with Gasteiger partial charge in [0.2, 0.25) is 5.60 Å². The molecule has 4 aliphatic carbocycles. The van der Waals surface area contributed by atoms with Gasteiger partial charge >= 0.3 is 5.97 Å². The molecule has 2 aromatic heterocycles. The standard InChI is InChI=1S/C25H34O6.C22H28N2O5.C19H22NO4S2.CH4O3S.BrH/c1-4-5-21-30-20-11-17-16-7-6-14-10-15(27)8-9-23(14,2)22(16)18(28)12-24(17,3)25(20,31-21)19(29)13-26;1-12-5-14(25)6-13(2)17(12)9-22(3,4)23-10-19(27)16-7-15(26)8-18-21(16)29-11-20(28)24-18;1-20(2)12-9-11(10-13(20)17-16(12)24-17)23-18(21)19(22,14-5-3-7-25-14)15-6-4-8-26-15;1-5(2,3)4;/h8-10,16-18,20-22,26,28H,4-7,11-13H2,1-3H3;5-8,19,23,25-27H,9-11H2,1-4H3,(H,24,28);3-8,11-13,16-17,22H,9-10H2,1-2H3;1H3,(H,2,3,4);1H/q;;+1;;/p-1/t16-,17-,18-,20+,21?,22+,23-,24-,25+;;11?,12-,13+,16-,17+;;/m0..../s1. The number of piperidine rings is 1. The SMILES string of the molecule is CCCC1O[C@@H]2C[C@H]3[C@@H]4CCC5=CC(=O)C=C[C@]5(C)[C@H]4[C@@H](O)C[C@]3(C)[C@]2(C(=O)CO)O1.CS(=O)(=O)O.C[N+]1(C)[C@@H]2CC(OC(=O)C(O)(c3cccs3)c3cccs3)C[C@H]1[C@@H]1O[C@@H]12.Cc1cc(O)cc(C)c1CC(C)(C)NCC(O)c1cc(O)cc2c1OCC(=O)N2.[Br-]. The van der Waals surface area contributed by atoms with Crippen molar-refractivity contribution in [2.75, 3.05) is 45.4 Å². The van der Waals surface area contributed by atoms with E-state index < -0.39 is 63.9 Å². The Kier molecular flexibility index (Phi) is 20.9. The molecule has 0 spiro atoms. The second-order valence-corrected chi connectivity index (χ2v) is 31.1. The highest BCUT2D eigenvalue weighted by Crippen LogP contribution is 2.70. The summed E-state index contributed by atoms with van der Waals surface area (Å²) < 4.78 is 56.7. The minimum atomic E-state index is -3.67. The molecule has 7 fully saturated rings. The number of carbonyl (C=O) groups is 4. The number of aromatic hydroxyl groups is 2. The second kappa shape index (κ2) is 26.9. The number of quaternary nitrogens is 1. The van der Waals surface area contributed by atoms with Gasteiger partial charge in [-0.05, 0) is 148 Å². The number of hydrogen-bond acceptors (Lipinski definition) is 20. The number of nitrogens with zero attached hydrogens (tertiary/aromatic N) is 1. The Morgan fingerprint density at radius 2 is 1.57 bits per heavy atom. The minimum Gasteiger partial charge on any atom is -1.00 e. The van der Waals surface area contributed by atoms with Crippen LogP contribution in [0.2, 0.25) is 0 Å². The number of rotatable bonds is 14. The van der Waals surface area contributed by atoms with E-state index in [1.165, 1.54) is 34.8 Å². The van der Waals surface area contributed by atoms with Gasteiger partial charge in [-0.15, -0.1) is 22.7 Å². The van der Waals surface area contributed by atoms with Crippen LogP contribution in [0.25, 0.3) is 0 Å². The zero-order chi connectivity index (χ0) is 66.1. The molecular weight excluding hydrogens is 1310 g/mol. The van der Waals surface area contributed by atoms with Crippen LogP contribution in [0.4, 0.5) is 5.69 Å². The number of ether oxygens (including phenoxy) is 5. The first-order chi connectivity index (χ1) is 42.7. The van der Waals surface area contributed by atoms with Gasteiger partial charge in [0.15, 0.2) is 30.1 Å². The van der Waals surface area contributed by atoms with E-state index in [0.29, 0.717) is 83.0 Å². The van der Waals surface area contributed by atoms with Gasteiger partial charge in [0.05, 0.1) is 54.1 Å². The van der Waals surface area contributed by atoms with Crippen molar-refractivity contribution in [3.63, 3.8) is 0 Å². The molecule has 9 N–H and O–H groups in total. The first-order valence-electron chi connectivity index (χ1n) is 31.2. The summed E-state index contributed by atoms with van der Waals surface area (Å²) >= 11 is 2.74. The van der Waals surface area contributed by atoms with Crippen LogP contribution in [-0.4, -0.2) is 172 Å². The molecule has 4 saturated heterocycles. The molecule has 0 radical (unpaired) electrons. The number of esters is 1. The number of carbonyl (C=O) groups excluding carboxylic acids is 4. The number of thiophene rings is 2. The number of aliphatic hydroxyl groups excluding tert-OH is 3. The molecule has 2 bridgehead atoms. The third-order valence-electron chi connectivity index (χ3n) is 20.9. The van der Waals surface area contributed by atoms with Gasteiger partial charge in [-0.1, -0.05) is 51.0 Å². The number of epoxide rings is 1. The number of ketones is 2. The maximum absolute atomic E-state index is 13.2. The first kappa shape index (κ1) is 71.3. The van der Waals surface area contributed by atoms with E-state index in [4.69, 9.17) is 28.2 Å². The largest absolute Gasteiger partial charge is 1.00 e. The normalized spacial score (nSPS) is 31.9. The number of benzene rings is 2. The van der Waals surface area contributed by atoms with Crippen molar-refractivity contribution >= 4 is 61.9 Å². The molecule has 3 saturated carbocycles. The third-order valence-corrected chi connectivity index (χ3v) is 22.8. The van der Waals surface area contributed by atoms with E-state index in [1.54, 1.807) is 36.4 Å². The Labute approximate surface area is 556 Å². The Morgan fingerprint density at radius 1 is 0.957 bits per heavy atom. The van der Waals surface area contributed by atoms with E-state index in [-0.39, 0.29) is 93.9 Å².